The first kappa shape index (κ1) is 14.0. The minimum absolute atomic E-state index is 0.289. The van der Waals surface area contributed by atoms with Crippen molar-refractivity contribution in [2.45, 2.75) is 26.3 Å². The van der Waals surface area contributed by atoms with Crippen LogP contribution in [0.1, 0.15) is 24.1 Å². The average molecular weight is 284 g/mol. The van der Waals surface area contributed by atoms with Crippen molar-refractivity contribution in [1.82, 2.24) is 9.88 Å². The van der Waals surface area contributed by atoms with Gasteiger partial charge in [0, 0.05) is 30.6 Å². The Hall–Kier alpha value is -1.94. The maximum Gasteiger partial charge on any atom is 0.303 e. The molecule has 21 heavy (non-hydrogen) atoms. The highest BCUT2D eigenvalue weighted by Gasteiger charge is 2.24. The Morgan fingerprint density at radius 3 is 3.05 bits per heavy atom. The van der Waals surface area contributed by atoms with E-state index in [0.717, 1.165) is 37.3 Å². The molecule has 1 saturated heterocycles. The van der Waals surface area contributed by atoms with Crippen LogP contribution >= 0.6 is 0 Å². The van der Waals surface area contributed by atoms with E-state index in [9.17, 15) is 4.79 Å². The third-order valence-electron chi connectivity index (χ3n) is 4.13. The predicted octanol–water partition coefficient (Wildman–Crippen LogP) is 2.84. The highest BCUT2D eigenvalue weighted by atomic mass is 16.4. The van der Waals surface area contributed by atoms with Gasteiger partial charge in [-0.15, -0.1) is 0 Å². The Bertz CT molecular complexity index is 669. The summed E-state index contributed by atoms with van der Waals surface area (Å²) < 4.78 is 0. The standard InChI is InChI=1S/C17H20N2O2/c1-12-2-4-15-8-13(3-5-16(15)18-12)10-19-7-6-14(11-19)9-17(20)21/h2-5,8,14H,6-7,9-11H2,1H3,(H,20,21). The molecule has 0 bridgehead atoms. The second-order valence-corrected chi connectivity index (χ2v) is 5.97. The number of fused-ring (bicyclic) bond motifs is 1. The van der Waals surface area contributed by atoms with Gasteiger partial charge in [-0.2, -0.15) is 0 Å². The lowest BCUT2D eigenvalue weighted by atomic mass is 10.1. The van der Waals surface area contributed by atoms with Gasteiger partial charge in [-0.3, -0.25) is 14.7 Å². The van der Waals surface area contributed by atoms with Crippen LogP contribution in [0, 0.1) is 12.8 Å². The molecule has 110 valence electrons. The van der Waals surface area contributed by atoms with Gasteiger partial charge in [-0.05, 0) is 49.6 Å². The summed E-state index contributed by atoms with van der Waals surface area (Å²) in [7, 11) is 0. The van der Waals surface area contributed by atoms with E-state index in [4.69, 9.17) is 5.11 Å². The molecule has 1 aliphatic heterocycles. The molecule has 0 radical (unpaired) electrons. The number of pyridine rings is 1. The largest absolute Gasteiger partial charge is 0.481 e. The summed E-state index contributed by atoms with van der Waals surface area (Å²) in [6.07, 6.45) is 1.28. The third-order valence-corrected chi connectivity index (χ3v) is 4.13. The first-order valence-electron chi connectivity index (χ1n) is 7.40. The highest BCUT2D eigenvalue weighted by molar-refractivity contribution is 5.79. The molecule has 1 aromatic heterocycles. The first-order chi connectivity index (χ1) is 10.1. The van der Waals surface area contributed by atoms with Crippen molar-refractivity contribution < 1.29 is 9.90 Å². The summed E-state index contributed by atoms with van der Waals surface area (Å²) in [5.41, 5.74) is 3.33. The van der Waals surface area contributed by atoms with E-state index in [1.54, 1.807) is 0 Å². The van der Waals surface area contributed by atoms with Crippen molar-refractivity contribution in [3.8, 4) is 0 Å². The monoisotopic (exact) mass is 284 g/mol. The molecule has 2 heterocycles. The Morgan fingerprint density at radius 1 is 1.38 bits per heavy atom. The molecule has 4 nitrogen and oxygen atoms in total. The molecule has 4 heteroatoms. The van der Waals surface area contributed by atoms with E-state index in [1.165, 1.54) is 10.9 Å². The van der Waals surface area contributed by atoms with Crippen molar-refractivity contribution in [1.29, 1.82) is 0 Å². The number of carboxylic acid groups (broad SMARTS) is 1. The number of aryl methyl sites for hydroxylation is 1. The number of carbonyl (C=O) groups is 1. The second-order valence-electron chi connectivity index (χ2n) is 5.97. The molecule has 2 aromatic rings. The normalized spacial score (nSPS) is 19.2. The molecule has 1 fully saturated rings. The number of aliphatic carboxylic acids is 1. The van der Waals surface area contributed by atoms with Crippen LogP contribution < -0.4 is 0 Å². The summed E-state index contributed by atoms with van der Waals surface area (Å²) in [5, 5.41) is 10.0. The Morgan fingerprint density at radius 2 is 2.24 bits per heavy atom. The number of nitrogens with zero attached hydrogens (tertiary/aromatic N) is 2. The molecular weight excluding hydrogens is 264 g/mol. The summed E-state index contributed by atoms with van der Waals surface area (Å²) in [5.74, 6) is -0.388. The van der Waals surface area contributed by atoms with E-state index in [-0.39, 0.29) is 6.42 Å². The first-order valence-corrected chi connectivity index (χ1v) is 7.40. The Balaban J connectivity index is 1.68. The van der Waals surface area contributed by atoms with Crippen LogP contribution in [0.3, 0.4) is 0 Å². The predicted molar refractivity (Wildman–Crippen MR) is 82.1 cm³/mol. The van der Waals surface area contributed by atoms with Crippen LogP contribution in [-0.4, -0.2) is 34.0 Å². The number of hydrogen-bond acceptors (Lipinski definition) is 3. The maximum absolute atomic E-state index is 10.8. The van der Waals surface area contributed by atoms with Crippen molar-refractivity contribution >= 4 is 16.9 Å². The van der Waals surface area contributed by atoms with Crippen LogP contribution in [0.4, 0.5) is 0 Å². The molecule has 3 rings (SSSR count). The van der Waals surface area contributed by atoms with Gasteiger partial charge < -0.3 is 5.11 Å². The smallest absolute Gasteiger partial charge is 0.303 e. The molecule has 1 aliphatic rings. The topological polar surface area (TPSA) is 53.4 Å². The minimum Gasteiger partial charge on any atom is -0.481 e. The number of rotatable bonds is 4. The summed E-state index contributed by atoms with van der Waals surface area (Å²) >= 11 is 0. The zero-order chi connectivity index (χ0) is 14.8. The van der Waals surface area contributed by atoms with E-state index in [1.807, 2.05) is 13.0 Å². The number of aromatic nitrogens is 1. The van der Waals surface area contributed by atoms with Gasteiger partial charge in [0.05, 0.1) is 5.52 Å². The SMILES string of the molecule is Cc1ccc2cc(CN3CCC(CC(=O)O)C3)ccc2n1. The Kier molecular flexibility index (Phi) is 3.88. The van der Waals surface area contributed by atoms with Gasteiger partial charge in [-0.1, -0.05) is 12.1 Å². The zero-order valence-corrected chi connectivity index (χ0v) is 12.2. The third kappa shape index (κ3) is 3.39. The number of carboxylic acids is 1. The molecule has 1 unspecified atom stereocenters. The Labute approximate surface area is 124 Å². The molecule has 1 aromatic carbocycles. The van der Waals surface area contributed by atoms with Crippen LogP contribution in [0.2, 0.25) is 0 Å². The molecule has 1 atom stereocenters. The van der Waals surface area contributed by atoms with E-state index >= 15 is 0 Å². The number of likely N-dealkylation sites (tertiary alicyclic amines) is 1. The summed E-state index contributed by atoms with van der Waals surface area (Å²) in [6, 6.07) is 10.5. The fourth-order valence-corrected chi connectivity index (χ4v) is 3.10. The van der Waals surface area contributed by atoms with Crippen LogP contribution in [0.5, 0.6) is 0 Å². The minimum atomic E-state index is -0.686. The second kappa shape index (κ2) is 5.82. The van der Waals surface area contributed by atoms with Crippen LogP contribution in [-0.2, 0) is 11.3 Å². The molecule has 1 N–H and O–H groups in total. The number of benzene rings is 1. The highest BCUT2D eigenvalue weighted by Crippen LogP contribution is 2.22. The number of hydrogen-bond donors (Lipinski definition) is 1. The van der Waals surface area contributed by atoms with Crippen molar-refractivity contribution in [2.75, 3.05) is 13.1 Å². The van der Waals surface area contributed by atoms with Crippen molar-refractivity contribution in [3.05, 3.63) is 41.6 Å². The lowest BCUT2D eigenvalue weighted by Gasteiger charge is -2.16. The fraction of sp³-hybridized carbons (Fsp3) is 0.412. The molecule has 0 amide bonds. The van der Waals surface area contributed by atoms with Gasteiger partial charge >= 0.3 is 5.97 Å². The van der Waals surface area contributed by atoms with E-state index < -0.39 is 5.97 Å². The van der Waals surface area contributed by atoms with E-state index in [2.05, 4.69) is 34.1 Å². The van der Waals surface area contributed by atoms with Crippen molar-refractivity contribution in [2.24, 2.45) is 5.92 Å². The summed E-state index contributed by atoms with van der Waals surface area (Å²) in [6.45, 7) is 4.76. The lowest BCUT2D eigenvalue weighted by Crippen LogP contribution is -2.20. The van der Waals surface area contributed by atoms with Crippen LogP contribution in [0.25, 0.3) is 10.9 Å². The molecule has 0 aliphatic carbocycles. The molecule has 0 spiro atoms. The quantitative estimate of drug-likeness (QED) is 0.938. The maximum atomic E-state index is 10.8. The van der Waals surface area contributed by atoms with Gasteiger partial charge in [-0.25, -0.2) is 0 Å². The average Bonchev–Trinajstić information content (AvgIpc) is 2.85. The van der Waals surface area contributed by atoms with Gasteiger partial charge in [0.2, 0.25) is 0 Å². The zero-order valence-electron chi connectivity index (χ0n) is 12.2. The molecular formula is C17H20N2O2. The van der Waals surface area contributed by atoms with E-state index in [0.29, 0.717) is 5.92 Å². The molecule has 0 saturated carbocycles. The fourth-order valence-electron chi connectivity index (χ4n) is 3.10. The van der Waals surface area contributed by atoms with Gasteiger partial charge in [0.1, 0.15) is 0 Å². The van der Waals surface area contributed by atoms with Gasteiger partial charge in [0.15, 0.2) is 0 Å². The summed E-state index contributed by atoms with van der Waals surface area (Å²) in [4.78, 5) is 17.6. The lowest BCUT2D eigenvalue weighted by molar-refractivity contribution is -0.138. The van der Waals surface area contributed by atoms with Crippen molar-refractivity contribution in [3.63, 3.8) is 0 Å². The van der Waals surface area contributed by atoms with Crippen LogP contribution in [0.15, 0.2) is 30.3 Å². The van der Waals surface area contributed by atoms with Gasteiger partial charge in [0.25, 0.3) is 0 Å².